The molecule has 0 aliphatic carbocycles. The Hall–Kier alpha value is -1.19. The molecule has 1 aliphatic heterocycles. The van der Waals surface area contributed by atoms with Crippen LogP contribution >= 0.6 is 0 Å². The quantitative estimate of drug-likeness (QED) is 0.736. The summed E-state index contributed by atoms with van der Waals surface area (Å²) in [6.45, 7) is 0.824. The average molecular weight is 201 g/mol. The highest BCUT2D eigenvalue weighted by molar-refractivity contribution is 5.56. The third kappa shape index (κ3) is 2.00. The molecule has 0 saturated carbocycles. The highest BCUT2D eigenvalue weighted by Crippen LogP contribution is 2.27. The summed E-state index contributed by atoms with van der Waals surface area (Å²) in [5, 5.41) is 3.11. The summed E-state index contributed by atoms with van der Waals surface area (Å²) in [5.74, 6) is 0. The van der Waals surface area contributed by atoms with E-state index in [-0.39, 0.29) is 0 Å². The van der Waals surface area contributed by atoms with Gasteiger partial charge in [-0.25, -0.2) is 0 Å². The smallest absolute Gasteiger partial charge is 0.384 e. The molecule has 1 aromatic rings. The molecule has 1 aromatic carbocycles. The number of rotatable bonds is 1. The Kier molecular flexibility index (Phi) is 2.13. The molecule has 0 unspecified atom stereocenters. The lowest BCUT2D eigenvalue weighted by molar-refractivity contribution is -0.127. The van der Waals surface area contributed by atoms with Crippen molar-refractivity contribution in [2.75, 3.05) is 11.9 Å². The predicted molar refractivity (Wildman–Crippen MR) is 48.4 cm³/mol. The molecule has 0 aromatic heterocycles. The second-order valence-corrected chi connectivity index (χ2v) is 3.46. The average Bonchev–Trinajstić information content (AvgIpc) is 2.47. The van der Waals surface area contributed by atoms with Crippen LogP contribution in [-0.2, 0) is 12.8 Å². The molecule has 2 rings (SSSR count). The van der Waals surface area contributed by atoms with E-state index in [0.29, 0.717) is 5.56 Å². The van der Waals surface area contributed by atoms with Gasteiger partial charge in [-0.1, -0.05) is 12.1 Å². The van der Waals surface area contributed by atoms with Crippen LogP contribution in [0.2, 0.25) is 0 Å². The third-order valence-corrected chi connectivity index (χ3v) is 2.28. The van der Waals surface area contributed by atoms with Gasteiger partial charge in [-0.15, -0.1) is 0 Å². The molecule has 1 aliphatic rings. The number of anilines is 1. The lowest BCUT2D eigenvalue weighted by Gasteiger charge is -2.07. The molecule has 76 valence electrons. The maximum Gasteiger partial charge on any atom is 0.393 e. The van der Waals surface area contributed by atoms with Gasteiger partial charge in [0.2, 0.25) is 0 Å². The molecule has 1 nitrogen and oxygen atoms in total. The molecule has 0 amide bonds. The third-order valence-electron chi connectivity index (χ3n) is 2.28. The molecule has 1 heterocycles. The Bertz CT molecular complexity index is 344. The molecule has 0 bridgehead atoms. The van der Waals surface area contributed by atoms with Gasteiger partial charge in [-0.3, -0.25) is 0 Å². The van der Waals surface area contributed by atoms with Crippen LogP contribution in [0.1, 0.15) is 11.1 Å². The molecular formula is C10H10F3N. The molecule has 4 heteroatoms. The molecule has 14 heavy (non-hydrogen) atoms. The Morgan fingerprint density at radius 1 is 1.29 bits per heavy atom. The summed E-state index contributed by atoms with van der Waals surface area (Å²) in [4.78, 5) is 0. The number of nitrogens with one attached hydrogen (secondary N) is 1. The van der Waals surface area contributed by atoms with E-state index < -0.39 is 12.6 Å². The summed E-state index contributed by atoms with van der Waals surface area (Å²) in [6, 6.07) is 4.90. The van der Waals surface area contributed by atoms with Crippen LogP contribution in [-0.4, -0.2) is 12.7 Å². The number of halogens is 3. The lowest BCUT2D eigenvalue weighted by atomic mass is 10.1. The van der Waals surface area contributed by atoms with E-state index in [0.717, 1.165) is 24.2 Å². The van der Waals surface area contributed by atoms with Crippen molar-refractivity contribution >= 4 is 5.69 Å². The molecule has 1 N–H and O–H groups in total. The van der Waals surface area contributed by atoms with E-state index in [9.17, 15) is 13.2 Å². The van der Waals surface area contributed by atoms with Crippen molar-refractivity contribution < 1.29 is 13.2 Å². The topological polar surface area (TPSA) is 12.0 Å². The minimum atomic E-state index is -4.11. The molecule has 0 spiro atoms. The second-order valence-electron chi connectivity index (χ2n) is 3.46. The zero-order valence-corrected chi connectivity index (χ0v) is 7.49. The van der Waals surface area contributed by atoms with Crippen molar-refractivity contribution in [2.24, 2.45) is 0 Å². The molecular weight excluding hydrogens is 191 g/mol. The van der Waals surface area contributed by atoms with E-state index in [1.165, 1.54) is 6.07 Å². The first-order valence-electron chi connectivity index (χ1n) is 4.47. The van der Waals surface area contributed by atoms with Crippen LogP contribution in [0, 0.1) is 0 Å². The number of benzene rings is 1. The number of fused-ring (bicyclic) bond motifs is 1. The first-order valence-corrected chi connectivity index (χ1v) is 4.47. The Morgan fingerprint density at radius 3 is 2.79 bits per heavy atom. The Labute approximate surface area is 79.9 Å². The van der Waals surface area contributed by atoms with Crippen LogP contribution in [0.15, 0.2) is 18.2 Å². The van der Waals surface area contributed by atoms with Gasteiger partial charge in [-0.05, 0) is 23.6 Å². The van der Waals surface area contributed by atoms with E-state index in [4.69, 9.17) is 0 Å². The van der Waals surface area contributed by atoms with Gasteiger partial charge in [0.05, 0.1) is 6.42 Å². The minimum absolute atomic E-state index is 0.347. The van der Waals surface area contributed by atoms with Crippen LogP contribution in [0.3, 0.4) is 0 Å². The lowest BCUT2D eigenvalue weighted by Crippen LogP contribution is -2.11. The van der Waals surface area contributed by atoms with Gasteiger partial charge >= 0.3 is 6.18 Å². The zero-order chi connectivity index (χ0) is 10.2. The molecule has 0 atom stereocenters. The highest BCUT2D eigenvalue weighted by Gasteiger charge is 2.28. The largest absolute Gasteiger partial charge is 0.393 e. The van der Waals surface area contributed by atoms with Crippen molar-refractivity contribution in [2.45, 2.75) is 19.0 Å². The van der Waals surface area contributed by atoms with Gasteiger partial charge in [0, 0.05) is 12.2 Å². The SMILES string of the molecule is FC(F)(F)Cc1ccc2c(c1)CCN2. The number of hydrogen-bond acceptors (Lipinski definition) is 1. The first-order chi connectivity index (χ1) is 6.54. The number of hydrogen-bond donors (Lipinski definition) is 1. The summed E-state index contributed by atoms with van der Waals surface area (Å²) >= 11 is 0. The summed E-state index contributed by atoms with van der Waals surface area (Å²) < 4.78 is 36.2. The summed E-state index contributed by atoms with van der Waals surface area (Å²) in [7, 11) is 0. The summed E-state index contributed by atoms with van der Waals surface area (Å²) in [5.41, 5.74) is 2.31. The first kappa shape index (κ1) is 9.37. The van der Waals surface area contributed by atoms with Crippen molar-refractivity contribution in [1.29, 1.82) is 0 Å². The highest BCUT2D eigenvalue weighted by atomic mass is 19.4. The molecule has 0 saturated heterocycles. The van der Waals surface area contributed by atoms with Crippen molar-refractivity contribution in [3.05, 3.63) is 29.3 Å². The maximum atomic E-state index is 12.1. The molecule has 0 radical (unpaired) electrons. The van der Waals surface area contributed by atoms with Gasteiger partial charge in [-0.2, -0.15) is 13.2 Å². The van der Waals surface area contributed by atoms with E-state index in [1.807, 2.05) is 0 Å². The van der Waals surface area contributed by atoms with Crippen LogP contribution < -0.4 is 5.32 Å². The fraction of sp³-hybridized carbons (Fsp3) is 0.400. The number of alkyl halides is 3. The van der Waals surface area contributed by atoms with E-state index >= 15 is 0 Å². The maximum absolute atomic E-state index is 12.1. The van der Waals surface area contributed by atoms with Crippen molar-refractivity contribution in [3.8, 4) is 0 Å². The Morgan fingerprint density at radius 2 is 2.07 bits per heavy atom. The normalized spacial score (nSPS) is 15.1. The standard InChI is InChI=1S/C10H10F3N/c11-10(12,13)6-7-1-2-9-8(5-7)3-4-14-9/h1-2,5,14H,3-4,6H2. The second kappa shape index (κ2) is 3.19. The van der Waals surface area contributed by atoms with Crippen LogP contribution in [0.25, 0.3) is 0 Å². The van der Waals surface area contributed by atoms with Gasteiger partial charge in [0.15, 0.2) is 0 Å². The monoisotopic (exact) mass is 201 g/mol. The van der Waals surface area contributed by atoms with Gasteiger partial charge < -0.3 is 5.32 Å². The van der Waals surface area contributed by atoms with Crippen molar-refractivity contribution in [3.63, 3.8) is 0 Å². The fourth-order valence-electron chi connectivity index (χ4n) is 1.70. The van der Waals surface area contributed by atoms with Crippen LogP contribution in [0.5, 0.6) is 0 Å². The van der Waals surface area contributed by atoms with Crippen molar-refractivity contribution in [1.82, 2.24) is 0 Å². The minimum Gasteiger partial charge on any atom is -0.384 e. The zero-order valence-electron chi connectivity index (χ0n) is 7.49. The fourth-order valence-corrected chi connectivity index (χ4v) is 1.70. The summed E-state index contributed by atoms with van der Waals surface area (Å²) in [6.07, 6.45) is -4.12. The van der Waals surface area contributed by atoms with E-state index in [2.05, 4.69) is 5.32 Å². The van der Waals surface area contributed by atoms with Crippen LogP contribution in [0.4, 0.5) is 18.9 Å². The van der Waals surface area contributed by atoms with Gasteiger partial charge in [0.25, 0.3) is 0 Å². The van der Waals surface area contributed by atoms with E-state index in [1.54, 1.807) is 12.1 Å². The Balaban J connectivity index is 2.21. The predicted octanol–water partition coefficient (Wildman–Crippen LogP) is 2.76. The van der Waals surface area contributed by atoms with Gasteiger partial charge in [0.1, 0.15) is 0 Å². The molecule has 0 fully saturated rings.